The zero-order chi connectivity index (χ0) is 11.3. The van der Waals surface area contributed by atoms with Crippen molar-refractivity contribution in [1.82, 2.24) is 9.88 Å². The Morgan fingerprint density at radius 3 is 3.00 bits per heavy atom. The molecule has 0 saturated heterocycles. The number of amidine groups is 1. The topological polar surface area (TPSA) is 74.7 Å². The highest BCUT2D eigenvalue weighted by Gasteiger charge is 2.06. The summed E-state index contributed by atoms with van der Waals surface area (Å²) in [6, 6.07) is 0. The standard InChI is InChI=1S/C9H16N4OS/c1-7-8(15-6-11-7)5-13(2)4-3-9(10)12-14/h6,14H,3-5H2,1-2H3,(H2,10,12). The van der Waals surface area contributed by atoms with Gasteiger partial charge in [-0.1, -0.05) is 5.16 Å². The van der Waals surface area contributed by atoms with Crippen LogP contribution in [0.25, 0.3) is 0 Å². The SMILES string of the molecule is Cc1ncsc1CN(C)CCC(N)=NO. The Morgan fingerprint density at radius 1 is 1.73 bits per heavy atom. The van der Waals surface area contributed by atoms with Gasteiger partial charge >= 0.3 is 0 Å². The monoisotopic (exact) mass is 228 g/mol. The molecule has 15 heavy (non-hydrogen) atoms. The Hall–Kier alpha value is -1.14. The predicted octanol–water partition coefficient (Wildman–Crippen LogP) is 1.02. The largest absolute Gasteiger partial charge is 0.409 e. The lowest BCUT2D eigenvalue weighted by Gasteiger charge is -2.14. The van der Waals surface area contributed by atoms with E-state index in [1.54, 1.807) is 11.3 Å². The molecule has 0 bridgehead atoms. The Morgan fingerprint density at radius 2 is 2.47 bits per heavy atom. The fraction of sp³-hybridized carbons (Fsp3) is 0.556. The Bertz CT molecular complexity index is 337. The molecule has 0 amide bonds. The third kappa shape index (κ3) is 3.85. The highest BCUT2D eigenvalue weighted by molar-refractivity contribution is 7.09. The summed E-state index contributed by atoms with van der Waals surface area (Å²) in [5, 5.41) is 11.3. The van der Waals surface area contributed by atoms with Crippen LogP contribution in [0.1, 0.15) is 17.0 Å². The van der Waals surface area contributed by atoms with Gasteiger partial charge in [0.05, 0.1) is 11.2 Å². The van der Waals surface area contributed by atoms with E-state index in [0.29, 0.717) is 6.42 Å². The van der Waals surface area contributed by atoms with Crippen molar-refractivity contribution in [2.24, 2.45) is 10.9 Å². The summed E-state index contributed by atoms with van der Waals surface area (Å²) in [6.07, 6.45) is 0.574. The third-order valence-electron chi connectivity index (χ3n) is 2.14. The van der Waals surface area contributed by atoms with Crippen LogP contribution in [0.3, 0.4) is 0 Å². The van der Waals surface area contributed by atoms with E-state index in [4.69, 9.17) is 10.9 Å². The van der Waals surface area contributed by atoms with Gasteiger partial charge in [0.15, 0.2) is 0 Å². The minimum atomic E-state index is 0.267. The number of hydrogen-bond acceptors (Lipinski definition) is 5. The normalized spacial score (nSPS) is 12.3. The molecule has 0 aromatic carbocycles. The number of nitrogens with two attached hydrogens (primary N) is 1. The second kappa shape index (κ2) is 5.67. The van der Waals surface area contributed by atoms with Crippen molar-refractivity contribution < 1.29 is 5.21 Å². The van der Waals surface area contributed by atoms with Gasteiger partial charge in [-0.25, -0.2) is 4.98 Å². The minimum Gasteiger partial charge on any atom is -0.409 e. The Kier molecular flexibility index (Phi) is 4.51. The highest BCUT2D eigenvalue weighted by atomic mass is 32.1. The second-order valence-electron chi connectivity index (χ2n) is 3.44. The van der Waals surface area contributed by atoms with Crippen LogP contribution in [0.15, 0.2) is 10.7 Å². The first kappa shape index (κ1) is 11.9. The highest BCUT2D eigenvalue weighted by Crippen LogP contribution is 2.13. The Balaban J connectivity index is 2.37. The molecule has 0 atom stereocenters. The summed E-state index contributed by atoms with van der Waals surface area (Å²) in [5.74, 6) is 0.267. The minimum absolute atomic E-state index is 0.267. The van der Waals surface area contributed by atoms with Crippen LogP contribution < -0.4 is 5.73 Å². The molecule has 3 N–H and O–H groups in total. The maximum atomic E-state index is 8.38. The number of oxime groups is 1. The van der Waals surface area contributed by atoms with Gasteiger partial charge in [-0.05, 0) is 14.0 Å². The maximum absolute atomic E-state index is 8.38. The van der Waals surface area contributed by atoms with Gasteiger partial charge in [-0.2, -0.15) is 0 Å². The van der Waals surface area contributed by atoms with Crippen molar-refractivity contribution >= 4 is 17.2 Å². The quantitative estimate of drug-likeness (QED) is 0.341. The number of hydrogen-bond donors (Lipinski definition) is 2. The average molecular weight is 228 g/mol. The van der Waals surface area contributed by atoms with Crippen LogP contribution in [-0.2, 0) is 6.54 Å². The van der Waals surface area contributed by atoms with Gasteiger partial charge in [0.1, 0.15) is 5.84 Å². The van der Waals surface area contributed by atoms with Gasteiger partial charge in [-0.15, -0.1) is 11.3 Å². The van der Waals surface area contributed by atoms with E-state index < -0.39 is 0 Å². The number of nitrogens with zero attached hydrogens (tertiary/aromatic N) is 3. The van der Waals surface area contributed by atoms with Crippen LogP contribution in [0.2, 0.25) is 0 Å². The molecule has 0 spiro atoms. The molecule has 0 fully saturated rings. The lowest BCUT2D eigenvalue weighted by atomic mass is 10.3. The van der Waals surface area contributed by atoms with Gasteiger partial charge in [0.25, 0.3) is 0 Å². The van der Waals surface area contributed by atoms with Crippen molar-refractivity contribution in [3.05, 3.63) is 16.1 Å². The average Bonchev–Trinajstić information content (AvgIpc) is 2.61. The zero-order valence-corrected chi connectivity index (χ0v) is 9.79. The lowest BCUT2D eigenvalue weighted by Crippen LogP contribution is -2.24. The smallest absolute Gasteiger partial charge is 0.140 e. The first-order valence-electron chi connectivity index (χ1n) is 4.67. The predicted molar refractivity (Wildman–Crippen MR) is 61.2 cm³/mol. The van der Waals surface area contributed by atoms with E-state index in [9.17, 15) is 0 Å². The molecule has 5 nitrogen and oxygen atoms in total. The van der Waals surface area contributed by atoms with Crippen molar-refractivity contribution in [1.29, 1.82) is 0 Å². The molecule has 0 radical (unpaired) electrons. The fourth-order valence-electron chi connectivity index (χ4n) is 1.16. The van der Waals surface area contributed by atoms with E-state index in [1.165, 1.54) is 4.88 Å². The first-order valence-corrected chi connectivity index (χ1v) is 5.55. The number of aryl methyl sites for hydroxylation is 1. The molecule has 0 aliphatic heterocycles. The van der Waals surface area contributed by atoms with E-state index in [2.05, 4.69) is 15.0 Å². The van der Waals surface area contributed by atoms with Crippen LogP contribution >= 0.6 is 11.3 Å². The van der Waals surface area contributed by atoms with E-state index in [0.717, 1.165) is 18.8 Å². The maximum Gasteiger partial charge on any atom is 0.140 e. The second-order valence-corrected chi connectivity index (χ2v) is 4.38. The van der Waals surface area contributed by atoms with Crippen molar-refractivity contribution in [2.45, 2.75) is 19.9 Å². The van der Waals surface area contributed by atoms with E-state index in [1.807, 2.05) is 19.5 Å². The number of thiazole rings is 1. The molecule has 0 aliphatic rings. The molecule has 0 aliphatic carbocycles. The summed E-state index contributed by atoms with van der Waals surface area (Å²) in [7, 11) is 2.00. The van der Waals surface area contributed by atoms with Crippen LogP contribution in [0.4, 0.5) is 0 Å². The molecule has 1 aromatic rings. The summed E-state index contributed by atoms with van der Waals surface area (Å²) in [4.78, 5) is 7.57. The van der Waals surface area contributed by atoms with Crippen LogP contribution in [0, 0.1) is 6.92 Å². The summed E-state index contributed by atoms with van der Waals surface area (Å²) in [6.45, 7) is 3.63. The van der Waals surface area contributed by atoms with E-state index in [-0.39, 0.29) is 5.84 Å². The summed E-state index contributed by atoms with van der Waals surface area (Å²) in [5.41, 5.74) is 8.32. The van der Waals surface area contributed by atoms with Crippen molar-refractivity contribution in [3.63, 3.8) is 0 Å². The van der Waals surface area contributed by atoms with Crippen molar-refractivity contribution in [3.8, 4) is 0 Å². The van der Waals surface area contributed by atoms with Gasteiger partial charge in [0.2, 0.25) is 0 Å². The molecule has 1 aromatic heterocycles. The number of aromatic nitrogens is 1. The molecule has 6 heteroatoms. The lowest BCUT2D eigenvalue weighted by molar-refractivity contribution is 0.310. The molecular weight excluding hydrogens is 212 g/mol. The van der Waals surface area contributed by atoms with Crippen LogP contribution in [0.5, 0.6) is 0 Å². The van der Waals surface area contributed by atoms with Gasteiger partial charge in [0, 0.05) is 24.4 Å². The Labute approximate surface area is 93.2 Å². The van der Waals surface area contributed by atoms with Gasteiger partial charge in [-0.3, -0.25) is 0 Å². The molecule has 0 saturated carbocycles. The third-order valence-corrected chi connectivity index (χ3v) is 3.06. The van der Waals surface area contributed by atoms with Gasteiger partial charge < -0.3 is 15.8 Å². The van der Waals surface area contributed by atoms with E-state index >= 15 is 0 Å². The molecule has 1 heterocycles. The zero-order valence-electron chi connectivity index (χ0n) is 8.97. The molecule has 0 unspecified atom stereocenters. The molecule has 84 valence electrons. The molecular formula is C9H16N4OS. The summed E-state index contributed by atoms with van der Waals surface area (Å²) < 4.78 is 0. The van der Waals surface area contributed by atoms with Crippen molar-refractivity contribution in [2.75, 3.05) is 13.6 Å². The molecule has 1 rings (SSSR count). The van der Waals surface area contributed by atoms with Crippen LogP contribution in [-0.4, -0.2) is 34.5 Å². The first-order chi connectivity index (χ1) is 7.13. The summed E-state index contributed by atoms with van der Waals surface area (Å²) >= 11 is 1.65. The fourth-order valence-corrected chi connectivity index (χ4v) is 2.01. The number of rotatable bonds is 5.